The van der Waals surface area contributed by atoms with E-state index in [0.29, 0.717) is 5.92 Å². The third-order valence-electron chi connectivity index (χ3n) is 3.24. The lowest BCUT2D eigenvalue weighted by Gasteiger charge is -2.43. The Hall–Kier alpha value is -0.680. The van der Waals surface area contributed by atoms with Crippen LogP contribution in [-0.4, -0.2) is 40.1 Å². The van der Waals surface area contributed by atoms with Crippen LogP contribution < -0.4 is 4.90 Å². The molecule has 1 atom stereocenters. The first-order valence-corrected chi connectivity index (χ1v) is 7.84. The van der Waals surface area contributed by atoms with Gasteiger partial charge in [0.25, 0.3) is 0 Å². The van der Waals surface area contributed by atoms with Crippen molar-refractivity contribution >= 4 is 21.7 Å². The maximum atomic E-state index is 6.02. The second-order valence-electron chi connectivity index (χ2n) is 5.99. The smallest absolute Gasteiger partial charge is 0.132 e. The Morgan fingerprint density at radius 2 is 2.21 bits per heavy atom. The fraction of sp³-hybridized carbons (Fsp3) is 0.714. The molecule has 1 aliphatic heterocycles. The zero-order valence-electron chi connectivity index (χ0n) is 12.1. The SMILES string of the molecule is CC(C)c1cc(N2CC(CBr)OC(C)(C)C2)ncn1. The highest BCUT2D eigenvalue weighted by Gasteiger charge is 2.33. The molecule has 1 unspecified atom stereocenters. The van der Waals surface area contributed by atoms with Crippen LogP contribution in [-0.2, 0) is 4.74 Å². The van der Waals surface area contributed by atoms with Gasteiger partial charge in [-0.05, 0) is 19.8 Å². The Labute approximate surface area is 123 Å². The van der Waals surface area contributed by atoms with E-state index in [0.717, 1.165) is 29.9 Å². The first kappa shape index (κ1) is 14.7. The molecule has 1 aromatic rings. The molecule has 0 radical (unpaired) electrons. The largest absolute Gasteiger partial charge is 0.368 e. The molecule has 2 heterocycles. The predicted octanol–water partition coefficient (Wildman–Crippen LogP) is 2.98. The number of aromatic nitrogens is 2. The van der Waals surface area contributed by atoms with Crippen LogP contribution in [0.2, 0.25) is 0 Å². The highest BCUT2D eigenvalue weighted by molar-refractivity contribution is 9.09. The highest BCUT2D eigenvalue weighted by atomic mass is 79.9. The first-order chi connectivity index (χ1) is 8.91. The summed E-state index contributed by atoms with van der Waals surface area (Å²) in [6, 6.07) is 2.09. The lowest BCUT2D eigenvalue weighted by Crippen LogP contribution is -2.53. The summed E-state index contributed by atoms with van der Waals surface area (Å²) in [5, 5.41) is 0.842. The van der Waals surface area contributed by atoms with Crippen LogP contribution in [0.5, 0.6) is 0 Å². The lowest BCUT2D eigenvalue weighted by molar-refractivity contribution is -0.0726. The van der Waals surface area contributed by atoms with Crippen molar-refractivity contribution in [2.75, 3.05) is 23.3 Å². The minimum Gasteiger partial charge on any atom is -0.368 e. The van der Waals surface area contributed by atoms with Gasteiger partial charge in [0.05, 0.1) is 11.7 Å². The minimum absolute atomic E-state index is 0.153. The molecule has 19 heavy (non-hydrogen) atoms. The fourth-order valence-corrected chi connectivity index (χ4v) is 2.74. The van der Waals surface area contributed by atoms with E-state index in [1.54, 1.807) is 6.33 Å². The molecule has 0 saturated carbocycles. The van der Waals surface area contributed by atoms with Crippen molar-refractivity contribution in [1.29, 1.82) is 0 Å². The lowest BCUT2D eigenvalue weighted by atomic mass is 10.1. The molecule has 4 nitrogen and oxygen atoms in total. The second kappa shape index (κ2) is 5.75. The number of hydrogen-bond acceptors (Lipinski definition) is 4. The predicted molar refractivity (Wildman–Crippen MR) is 81.1 cm³/mol. The Morgan fingerprint density at radius 1 is 1.47 bits per heavy atom. The Bertz CT molecular complexity index is 436. The van der Waals surface area contributed by atoms with Crippen LogP contribution in [0.1, 0.15) is 39.3 Å². The first-order valence-electron chi connectivity index (χ1n) is 6.72. The average Bonchev–Trinajstić information content (AvgIpc) is 2.37. The van der Waals surface area contributed by atoms with Gasteiger partial charge in [-0.3, -0.25) is 0 Å². The van der Waals surface area contributed by atoms with Gasteiger partial charge in [-0.1, -0.05) is 29.8 Å². The van der Waals surface area contributed by atoms with E-state index < -0.39 is 0 Å². The number of rotatable bonds is 3. The maximum Gasteiger partial charge on any atom is 0.132 e. The fourth-order valence-electron chi connectivity index (χ4n) is 2.40. The molecule has 2 rings (SSSR count). The summed E-state index contributed by atoms with van der Waals surface area (Å²) in [4.78, 5) is 11.0. The van der Waals surface area contributed by atoms with Crippen molar-refractivity contribution < 1.29 is 4.74 Å². The van der Waals surface area contributed by atoms with E-state index in [-0.39, 0.29) is 11.7 Å². The molecule has 0 N–H and O–H groups in total. The molecule has 0 bridgehead atoms. The number of nitrogens with zero attached hydrogens (tertiary/aromatic N) is 3. The van der Waals surface area contributed by atoms with Crippen molar-refractivity contribution in [1.82, 2.24) is 9.97 Å². The van der Waals surface area contributed by atoms with Crippen LogP contribution in [0.4, 0.5) is 5.82 Å². The van der Waals surface area contributed by atoms with E-state index in [1.165, 1.54) is 0 Å². The number of hydrogen-bond donors (Lipinski definition) is 0. The molecule has 106 valence electrons. The van der Waals surface area contributed by atoms with Crippen molar-refractivity contribution in [3.63, 3.8) is 0 Å². The van der Waals surface area contributed by atoms with Gasteiger partial charge in [0.2, 0.25) is 0 Å². The second-order valence-corrected chi connectivity index (χ2v) is 6.64. The zero-order valence-corrected chi connectivity index (χ0v) is 13.6. The van der Waals surface area contributed by atoms with Gasteiger partial charge in [0.15, 0.2) is 0 Å². The normalized spacial score (nSPS) is 22.8. The molecule has 1 aliphatic rings. The van der Waals surface area contributed by atoms with E-state index in [4.69, 9.17) is 4.74 Å². The molecule has 5 heteroatoms. The van der Waals surface area contributed by atoms with Crippen LogP contribution in [0, 0.1) is 0 Å². The van der Waals surface area contributed by atoms with E-state index in [1.807, 2.05) is 0 Å². The quantitative estimate of drug-likeness (QED) is 0.800. The number of alkyl halides is 1. The summed E-state index contributed by atoms with van der Waals surface area (Å²) < 4.78 is 6.02. The zero-order chi connectivity index (χ0) is 14.0. The topological polar surface area (TPSA) is 38.2 Å². The van der Waals surface area contributed by atoms with Crippen molar-refractivity contribution in [2.24, 2.45) is 0 Å². The highest BCUT2D eigenvalue weighted by Crippen LogP contribution is 2.26. The summed E-state index contributed by atoms with van der Waals surface area (Å²) in [5.41, 5.74) is 0.935. The van der Waals surface area contributed by atoms with Crippen LogP contribution in [0.15, 0.2) is 12.4 Å². The summed E-state index contributed by atoms with van der Waals surface area (Å²) in [6.45, 7) is 10.3. The number of halogens is 1. The van der Waals surface area contributed by atoms with E-state index in [2.05, 4.69) is 64.6 Å². The van der Waals surface area contributed by atoms with Gasteiger partial charge in [-0.2, -0.15) is 0 Å². The van der Waals surface area contributed by atoms with Gasteiger partial charge in [0, 0.05) is 30.2 Å². The molecule has 1 aromatic heterocycles. The molecule has 0 spiro atoms. The molecule has 1 fully saturated rings. The monoisotopic (exact) mass is 327 g/mol. The van der Waals surface area contributed by atoms with Crippen molar-refractivity contribution in [3.8, 4) is 0 Å². The Morgan fingerprint density at radius 3 is 2.84 bits per heavy atom. The van der Waals surface area contributed by atoms with Gasteiger partial charge < -0.3 is 9.64 Å². The van der Waals surface area contributed by atoms with E-state index >= 15 is 0 Å². The van der Waals surface area contributed by atoms with Gasteiger partial charge in [-0.25, -0.2) is 9.97 Å². The number of anilines is 1. The van der Waals surface area contributed by atoms with Crippen LogP contribution in [0.25, 0.3) is 0 Å². The van der Waals surface area contributed by atoms with Crippen molar-refractivity contribution in [3.05, 3.63) is 18.1 Å². The van der Waals surface area contributed by atoms with Gasteiger partial charge >= 0.3 is 0 Å². The molecule has 0 aliphatic carbocycles. The summed E-state index contributed by atoms with van der Waals surface area (Å²) in [7, 11) is 0. The van der Waals surface area contributed by atoms with Crippen LogP contribution in [0.3, 0.4) is 0 Å². The molecule has 0 aromatic carbocycles. The van der Waals surface area contributed by atoms with Crippen LogP contribution >= 0.6 is 15.9 Å². The average molecular weight is 328 g/mol. The Balaban J connectivity index is 2.22. The third-order valence-corrected chi connectivity index (χ3v) is 3.96. The molecular formula is C14H22BrN3O. The standard InChI is InChI=1S/C14H22BrN3O/c1-10(2)12-5-13(17-9-16-12)18-7-11(6-15)19-14(3,4)8-18/h5,9-11H,6-8H2,1-4H3. The van der Waals surface area contributed by atoms with Crippen molar-refractivity contribution in [2.45, 2.75) is 45.3 Å². The number of ether oxygens (including phenoxy) is 1. The maximum absolute atomic E-state index is 6.02. The summed E-state index contributed by atoms with van der Waals surface area (Å²) in [5.74, 6) is 1.42. The molecule has 1 saturated heterocycles. The summed E-state index contributed by atoms with van der Waals surface area (Å²) in [6.07, 6.45) is 1.86. The van der Waals surface area contributed by atoms with Gasteiger partial charge in [0.1, 0.15) is 12.1 Å². The Kier molecular flexibility index (Phi) is 4.46. The number of morpholine rings is 1. The van der Waals surface area contributed by atoms with E-state index in [9.17, 15) is 0 Å². The molecular weight excluding hydrogens is 306 g/mol. The van der Waals surface area contributed by atoms with Gasteiger partial charge in [-0.15, -0.1) is 0 Å². The summed E-state index contributed by atoms with van der Waals surface area (Å²) >= 11 is 3.52. The minimum atomic E-state index is -0.153. The third kappa shape index (κ3) is 3.66. The molecule has 0 amide bonds.